The molecule has 0 fully saturated rings. The maximum atomic E-state index is 10.9. The van der Waals surface area contributed by atoms with E-state index in [0.717, 1.165) is 6.29 Å². The molecule has 0 spiro atoms. The third-order valence-electron chi connectivity index (χ3n) is 3.07. The lowest BCUT2D eigenvalue weighted by Crippen LogP contribution is -2.37. The van der Waals surface area contributed by atoms with Crippen molar-refractivity contribution in [3.8, 4) is 0 Å². The van der Waals surface area contributed by atoms with Crippen LogP contribution in [0.15, 0.2) is 24.3 Å². The smallest absolute Gasteiger partial charge is 0.150 e. The minimum Gasteiger partial charge on any atom is -0.385 e. The molecule has 0 bridgehead atoms. The van der Waals surface area contributed by atoms with Gasteiger partial charge in [0.05, 0.1) is 5.60 Å². The fourth-order valence-electron chi connectivity index (χ4n) is 1.45. The van der Waals surface area contributed by atoms with E-state index in [1.54, 1.807) is 25.1 Å². The Morgan fingerprint density at radius 1 is 1.13 bits per heavy atom. The average Bonchev–Trinajstić information content (AvgIpc) is 2.16. The predicted molar refractivity (Wildman–Crippen MR) is 60.9 cm³/mol. The number of aldehydes is 1. The molecule has 0 saturated heterocycles. The van der Waals surface area contributed by atoms with Crippen LogP contribution in [0.1, 0.15) is 43.6 Å². The molecule has 0 aliphatic heterocycles. The monoisotopic (exact) mass is 206 g/mol. The van der Waals surface area contributed by atoms with E-state index in [4.69, 9.17) is 0 Å². The first kappa shape index (κ1) is 11.9. The van der Waals surface area contributed by atoms with Gasteiger partial charge in [-0.3, -0.25) is 4.79 Å². The highest BCUT2D eigenvalue weighted by Crippen LogP contribution is 2.39. The first-order valence-electron chi connectivity index (χ1n) is 5.08. The van der Waals surface area contributed by atoms with Crippen LogP contribution in [-0.4, -0.2) is 11.4 Å². The second-order valence-corrected chi connectivity index (χ2v) is 5.03. The minimum absolute atomic E-state index is 0.313. The Labute approximate surface area is 90.9 Å². The van der Waals surface area contributed by atoms with Crippen molar-refractivity contribution in [3.05, 3.63) is 35.4 Å². The summed E-state index contributed by atoms with van der Waals surface area (Å²) in [6.45, 7) is 7.60. The lowest BCUT2D eigenvalue weighted by molar-refractivity contribution is -0.0473. The summed E-state index contributed by atoms with van der Waals surface area (Å²) in [4.78, 5) is 10.9. The van der Waals surface area contributed by atoms with E-state index in [9.17, 15) is 9.90 Å². The van der Waals surface area contributed by atoms with Gasteiger partial charge in [-0.1, -0.05) is 45.0 Å². The van der Waals surface area contributed by atoms with Gasteiger partial charge >= 0.3 is 0 Å². The van der Waals surface area contributed by atoms with Gasteiger partial charge in [0.15, 0.2) is 0 Å². The van der Waals surface area contributed by atoms with Gasteiger partial charge < -0.3 is 5.11 Å². The maximum Gasteiger partial charge on any atom is 0.150 e. The second-order valence-electron chi connectivity index (χ2n) is 5.03. The summed E-state index contributed by atoms with van der Waals surface area (Å²) in [5.41, 5.74) is -0.0821. The van der Waals surface area contributed by atoms with Crippen molar-refractivity contribution < 1.29 is 9.90 Å². The van der Waals surface area contributed by atoms with Gasteiger partial charge in [-0.05, 0) is 17.9 Å². The van der Waals surface area contributed by atoms with E-state index in [1.807, 2.05) is 26.8 Å². The quantitative estimate of drug-likeness (QED) is 0.755. The van der Waals surface area contributed by atoms with Crippen LogP contribution in [-0.2, 0) is 5.60 Å². The molecule has 0 aliphatic rings. The topological polar surface area (TPSA) is 37.3 Å². The molecular formula is C13H18O2. The standard InChI is InChI=1S/C13H18O2/c1-12(2,3)13(4,15)11-8-6-5-7-10(11)9-14/h5-9,15H,1-4H3. The van der Waals surface area contributed by atoms with Crippen molar-refractivity contribution in [2.45, 2.75) is 33.3 Å². The highest BCUT2D eigenvalue weighted by Gasteiger charge is 2.38. The Morgan fingerprint density at radius 3 is 2.13 bits per heavy atom. The fraction of sp³-hybridized carbons (Fsp3) is 0.462. The zero-order chi connectivity index (χ0) is 11.7. The molecule has 2 nitrogen and oxygen atoms in total. The molecule has 2 heteroatoms. The van der Waals surface area contributed by atoms with Gasteiger partial charge in [-0.25, -0.2) is 0 Å². The summed E-state index contributed by atoms with van der Waals surface area (Å²) < 4.78 is 0. The summed E-state index contributed by atoms with van der Waals surface area (Å²) in [7, 11) is 0. The van der Waals surface area contributed by atoms with Crippen molar-refractivity contribution in [2.75, 3.05) is 0 Å². The first-order chi connectivity index (χ1) is 6.80. The zero-order valence-corrected chi connectivity index (χ0v) is 9.74. The van der Waals surface area contributed by atoms with Crippen LogP contribution in [0.4, 0.5) is 0 Å². The summed E-state index contributed by atoms with van der Waals surface area (Å²) in [5.74, 6) is 0. The van der Waals surface area contributed by atoms with Crippen LogP contribution in [0.25, 0.3) is 0 Å². The molecule has 1 aromatic carbocycles. The number of carbonyl (C=O) groups is 1. The maximum absolute atomic E-state index is 10.9. The molecule has 0 radical (unpaired) electrons. The number of aliphatic hydroxyl groups is 1. The predicted octanol–water partition coefficient (Wildman–Crippen LogP) is 2.75. The van der Waals surface area contributed by atoms with Crippen molar-refractivity contribution >= 4 is 6.29 Å². The SMILES string of the molecule is CC(C)(C)C(C)(O)c1ccccc1C=O. The lowest BCUT2D eigenvalue weighted by atomic mass is 9.72. The third-order valence-corrected chi connectivity index (χ3v) is 3.07. The Hall–Kier alpha value is -1.15. The van der Waals surface area contributed by atoms with Crippen LogP contribution < -0.4 is 0 Å². The molecule has 1 aromatic rings. The molecule has 0 aromatic heterocycles. The van der Waals surface area contributed by atoms with Crippen molar-refractivity contribution in [1.82, 2.24) is 0 Å². The van der Waals surface area contributed by atoms with Crippen LogP contribution in [0.3, 0.4) is 0 Å². The molecule has 0 aliphatic carbocycles. The molecule has 15 heavy (non-hydrogen) atoms. The van der Waals surface area contributed by atoms with Crippen LogP contribution in [0.5, 0.6) is 0 Å². The Morgan fingerprint density at radius 2 is 1.67 bits per heavy atom. The van der Waals surface area contributed by atoms with E-state index in [2.05, 4.69) is 0 Å². The third kappa shape index (κ3) is 2.10. The van der Waals surface area contributed by atoms with E-state index in [0.29, 0.717) is 11.1 Å². The zero-order valence-electron chi connectivity index (χ0n) is 9.74. The molecule has 1 atom stereocenters. The normalized spacial score (nSPS) is 15.8. The van der Waals surface area contributed by atoms with E-state index >= 15 is 0 Å². The second kappa shape index (κ2) is 3.78. The van der Waals surface area contributed by atoms with E-state index in [-0.39, 0.29) is 5.41 Å². The van der Waals surface area contributed by atoms with Gasteiger partial charge in [0.2, 0.25) is 0 Å². The Balaban J connectivity index is 3.32. The number of hydrogen-bond donors (Lipinski definition) is 1. The van der Waals surface area contributed by atoms with Crippen molar-refractivity contribution in [2.24, 2.45) is 5.41 Å². The molecule has 0 saturated carbocycles. The molecular weight excluding hydrogens is 188 g/mol. The summed E-state index contributed by atoms with van der Waals surface area (Å²) in [6.07, 6.45) is 0.787. The Bertz CT molecular complexity index is 359. The fourth-order valence-corrected chi connectivity index (χ4v) is 1.45. The van der Waals surface area contributed by atoms with Gasteiger partial charge in [0.25, 0.3) is 0 Å². The van der Waals surface area contributed by atoms with Crippen LogP contribution in [0.2, 0.25) is 0 Å². The number of hydrogen-bond acceptors (Lipinski definition) is 2. The molecule has 0 heterocycles. The number of rotatable bonds is 2. The van der Waals surface area contributed by atoms with Gasteiger partial charge in [0.1, 0.15) is 6.29 Å². The largest absolute Gasteiger partial charge is 0.385 e. The number of benzene rings is 1. The highest BCUT2D eigenvalue weighted by atomic mass is 16.3. The average molecular weight is 206 g/mol. The van der Waals surface area contributed by atoms with Crippen LogP contribution >= 0.6 is 0 Å². The van der Waals surface area contributed by atoms with Gasteiger partial charge in [0, 0.05) is 5.56 Å². The summed E-state index contributed by atoms with van der Waals surface area (Å²) in [5, 5.41) is 10.5. The molecule has 82 valence electrons. The first-order valence-corrected chi connectivity index (χ1v) is 5.08. The molecule has 1 N–H and O–H groups in total. The minimum atomic E-state index is -1.01. The molecule has 1 unspecified atom stereocenters. The highest BCUT2D eigenvalue weighted by molar-refractivity contribution is 5.77. The van der Waals surface area contributed by atoms with Gasteiger partial charge in [-0.2, -0.15) is 0 Å². The number of carbonyl (C=O) groups excluding carboxylic acids is 1. The molecule has 0 amide bonds. The van der Waals surface area contributed by atoms with Gasteiger partial charge in [-0.15, -0.1) is 0 Å². The lowest BCUT2D eigenvalue weighted by Gasteiger charge is -2.38. The van der Waals surface area contributed by atoms with Crippen molar-refractivity contribution in [3.63, 3.8) is 0 Å². The van der Waals surface area contributed by atoms with Crippen molar-refractivity contribution in [1.29, 1.82) is 0 Å². The summed E-state index contributed by atoms with van der Waals surface area (Å²) in [6, 6.07) is 7.16. The summed E-state index contributed by atoms with van der Waals surface area (Å²) >= 11 is 0. The van der Waals surface area contributed by atoms with E-state index < -0.39 is 5.60 Å². The van der Waals surface area contributed by atoms with E-state index in [1.165, 1.54) is 0 Å². The molecule has 1 rings (SSSR count). The Kier molecular flexibility index (Phi) is 3.00. The van der Waals surface area contributed by atoms with Crippen LogP contribution in [0, 0.1) is 5.41 Å².